The van der Waals surface area contributed by atoms with Crippen LogP contribution in [0.1, 0.15) is 43.9 Å². The normalized spacial score (nSPS) is 12.5. The van der Waals surface area contributed by atoms with E-state index < -0.39 is 11.8 Å². The van der Waals surface area contributed by atoms with Crippen molar-refractivity contribution in [1.29, 1.82) is 0 Å². The van der Waals surface area contributed by atoms with E-state index in [1.165, 1.54) is 12.1 Å². The highest BCUT2D eigenvalue weighted by Crippen LogP contribution is 2.20. The number of Topliss-reactive ketones (excluding diaryl/α,β-unsaturated/α-hetero) is 1. The lowest BCUT2D eigenvalue weighted by Crippen LogP contribution is -2.19. The Labute approximate surface area is 137 Å². The third-order valence-corrected chi connectivity index (χ3v) is 3.69. The van der Waals surface area contributed by atoms with Crippen molar-refractivity contribution in [2.45, 2.75) is 12.8 Å². The van der Waals surface area contributed by atoms with Crippen LogP contribution in [-0.2, 0) is 4.79 Å². The molecular weight excluding hydrogens is 308 g/mol. The number of fused-ring (bicyclic) bond motifs is 1. The second-order valence-corrected chi connectivity index (χ2v) is 5.38. The molecule has 0 radical (unpaired) electrons. The van der Waals surface area contributed by atoms with Gasteiger partial charge in [-0.05, 0) is 18.2 Å². The molecule has 1 aliphatic rings. The van der Waals surface area contributed by atoms with Crippen LogP contribution in [0.25, 0.3) is 0 Å². The van der Waals surface area contributed by atoms with Crippen molar-refractivity contribution in [2.75, 3.05) is 5.32 Å². The van der Waals surface area contributed by atoms with Crippen molar-refractivity contribution in [3.8, 4) is 0 Å². The molecule has 3 amide bonds. The van der Waals surface area contributed by atoms with E-state index in [-0.39, 0.29) is 35.7 Å². The number of carbonyl (C=O) groups excluding carboxylic acids is 4. The van der Waals surface area contributed by atoms with Gasteiger partial charge in [0.05, 0.1) is 11.1 Å². The topological polar surface area (TPSA) is 92.3 Å². The van der Waals surface area contributed by atoms with Gasteiger partial charge < -0.3 is 5.32 Å². The summed E-state index contributed by atoms with van der Waals surface area (Å²) in [6, 6.07) is 13.3. The molecule has 2 aromatic carbocycles. The zero-order chi connectivity index (χ0) is 17.1. The molecule has 0 unspecified atom stereocenters. The summed E-state index contributed by atoms with van der Waals surface area (Å²) in [5.74, 6) is -1.36. The molecule has 0 fully saturated rings. The minimum absolute atomic E-state index is 0.0376. The molecule has 2 aromatic rings. The number of hydrogen-bond donors (Lipinski definition) is 2. The molecule has 6 nitrogen and oxygen atoms in total. The predicted octanol–water partition coefficient (Wildman–Crippen LogP) is 2.17. The molecular formula is C18H14N2O4. The highest BCUT2D eigenvalue weighted by molar-refractivity contribution is 6.22. The third-order valence-electron chi connectivity index (χ3n) is 3.69. The Morgan fingerprint density at radius 1 is 0.875 bits per heavy atom. The number of imide groups is 1. The van der Waals surface area contributed by atoms with Gasteiger partial charge >= 0.3 is 0 Å². The van der Waals surface area contributed by atoms with E-state index in [0.29, 0.717) is 11.3 Å². The lowest BCUT2D eigenvalue weighted by Gasteiger charge is -2.06. The van der Waals surface area contributed by atoms with Crippen LogP contribution in [0.2, 0.25) is 0 Å². The Morgan fingerprint density at radius 2 is 1.58 bits per heavy atom. The highest BCUT2D eigenvalue weighted by atomic mass is 16.2. The molecule has 1 heterocycles. The van der Waals surface area contributed by atoms with Crippen LogP contribution in [0.5, 0.6) is 0 Å². The Hall–Kier alpha value is -3.28. The van der Waals surface area contributed by atoms with Crippen LogP contribution >= 0.6 is 0 Å². The van der Waals surface area contributed by atoms with Gasteiger partial charge in [0.1, 0.15) is 0 Å². The van der Waals surface area contributed by atoms with Gasteiger partial charge in [0.15, 0.2) is 5.78 Å². The van der Waals surface area contributed by atoms with E-state index in [1.54, 1.807) is 30.3 Å². The maximum Gasteiger partial charge on any atom is 0.259 e. The number of ketones is 1. The Morgan fingerprint density at radius 3 is 2.33 bits per heavy atom. The molecule has 0 saturated carbocycles. The van der Waals surface area contributed by atoms with E-state index in [9.17, 15) is 19.2 Å². The molecule has 0 spiro atoms. The zero-order valence-corrected chi connectivity index (χ0v) is 12.7. The van der Waals surface area contributed by atoms with Crippen LogP contribution < -0.4 is 10.6 Å². The van der Waals surface area contributed by atoms with Gasteiger partial charge in [0.2, 0.25) is 5.91 Å². The van der Waals surface area contributed by atoms with Gasteiger partial charge in [-0.3, -0.25) is 24.5 Å². The lowest BCUT2D eigenvalue weighted by atomic mass is 10.1. The molecule has 2 N–H and O–H groups in total. The fraction of sp³-hybridized carbons (Fsp3) is 0.111. The molecule has 24 heavy (non-hydrogen) atoms. The van der Waals surface area contributed by atoms with Crippen molar-refractivity contribution in [2.24, 2.45) is 0 Å². The van der Waals surface area contributed by atoms with Crippen molar-refractivity contribution in [3.05, 3.63) is 65.2 Å². The minimum atomic E-state index is -0.481. The van der Waals surface area contributed by atoms with Gasteiger partial charge in [-0.1, -0.05) is 30.3 Å². The van der Waals surface area contributed by atoms with Crippen LogP contribution in [0.15, 0.2) is 48.5 Å². The van der Waals surface area contributed by atoms with Crippen LogP contribution in [0.3, 0.4) is 0 Å². The number of hydrogen-bond acceptors (Lipinski definition) is 4. The minimum Gasteiger partial charge on any atom is -0.326 e. The summed E-state index contributed by atoms with van der Waals surface area (Å²) in [6.45, 7) is 0. The Balaban J connectivity index is 1.60. The highest BCUT2D eigenvalue weighted by Gasteiger charge is 2.26. The standard InChI is InChI=1S/C18H14N2O4/c21-15(11-4-2-1-3-5-11)8-9-16(22)19-12-6-7-13-14(10-12)18(24)20-17(13)23/h1-7,10H,8-9H2,(H,19,22)(H,20,23,24). The summed E-state index contributed by atoms with van der Waals surface area (Å²) in [5.41, 5.74) is 1.50. The summed E-state index contributed by atoms with van der Waals surface area (Å²) in [7, 11) is 0. The molecule has 0 aliphatic carbocycles. The first kappa shape index (κ1) is 15.6. The maximum atomic E-state index is 12.0. The molecule has 6 heteroatoms. The van der Waals surface area contributed by atoms with Crippen molar-refractivity contribution in [3.63, 3.8) is 0 Å². The van der Waals surface area contributed by atoms with Crippen LogP contribution in [0, 0.1) is 0 Å². The van der Waals surface area contributed by atoms with Crippen molar-refractivity contribution in [1.82, 2.24) is 5.32 Å². The Bertz CT molecular complexity index is 843. The van der Waals surface area contributed by atoms with Crippen LogP contribution in [0.4, 0.5) is 5.69 Å². The molecule has 120 valence electrons. The van der Waals surface area contributed by atoms with E-state index in [4.69, 9.17) is 0 Å². The van der Waals surface area contributed by atoms with Gasteiger partial charge in [0.25, 0.3) is 11.8 Å². The van der Waals surface area contributed by atoms with E-state index in [2.05, 4.69) is 10.6 Å². The number of nitrogens with one attached hydrogen (secondary N) is 2. The quantitative estimate of drug-likeness (QED) is 0.652. The second-order valence-electron chi connectivity index (χ2n) is 5.38. The fourth-order valence-corrected chi connectivity index (χ4v) is 2.46. The van der Waals surface area contributed by atoms with E-state index in [0.717, 1.165) is 0 Å². The molecule has 0 aromatic heterocycles. The van der Waals surface area contributed by atoms with Crippen molar-refractivity contribution >= 4 is 29.2 Å². The maximum absolute atomic E-state index is 12.0. The van der Waals surface area contributed by atoms with E-state index >= 15 is 0 Å². The van der Waals surface area contributed by atoms with Gasteiger partial charge in [-0.25, -0.2) is 0 Å². The lowest BCUT2D eigenvalue weighted by molar-refractivity contribution is -0.116. The Kier molecular flexibility index (Phi) is 4.20. The van der Waals surface area contributed by atoms with Gasteiger partial charge in [0, 0.05) is 24.1 Å². The van der Waals surface area contributed by atoms with Crippen LogP contribution in [-0.4, -0.2) is 23.5 Å². The summed E-state index contributed by atoms with van der Waals surface area (Å²) in [5, 5.41) is 4.82. The smallest absolute Gasteiger partial charge is 0.259 e. The first-order valence-corrected chi connectivity index (χ1v) is 7.42. The summed E-state index contributed by atoms with van der Waals surface area (Å²) >= 11 is 0. The molecule has 1 aliphatic heterocycles. The largest absolute Gasteiger partial charge is 0.326 e. The second kappa shape index (κ2) is 6.45. The number of anilines is 1. The SMILES string of the molecule is O=C(CCC(=O)c1ccccc1)Nc1ccc2c(c1)C(=O)NC2=O. The summed E-state index contributed by atoms with van der Waals surface area (Å²) in [6.07, 6.45) is 0.135. The average Bonchev–Trinajstić information content (AvgIpc) is 2.87. The average molecular weight is 322 g/mol. The number of rotatable bonds is 5. The first-order chi connectivity index (χ1) is 11.5. The molecule has 0 atom stereocenters. The molecule has 0 bridgehead atoms. The third kappa shape index (κ3) is 3.22. The summed E-state index contributed by atoms with van der Waals surface area (Å²) < 4.78 is 0. The zero-order valence-electron chi connectivity index (χ0n) is 12.7. The number of benzene rings is 2. The monoisotopic (exact) mass is 322 g/mol. The fourth-order valence-electron chi connectivity index (χ4n) is 2.46. The summed E-state index contributed by atoms with van der Waals surface area (Å²) in [4.78, 5) is 47.0. The van der Waals surface area contributed by atoms with Gasteiger partial charge in [-0.2, -0.15) is 0 Å². The van der Waals surface area contributed by atoms with E-state index in [1.807, 2.05) is 6.07 Å². The van der Waals surface area contributed by atoms with Gasteiger partial charge in [-0.15, -0.1) is 0 Å². The number of carbonyl (C=O) groups is 4. The molecule has 3 rings (SSSR count). The predicted molar refractivity (Wildman–Crippen MR) is 86.9 cm³/mol. The van der Waals surface area contributed by atoms with Crippen molar-refractivity contribution < 1.29 is 19.2 Å². The number of amides is 3. The molecule has 0 saturated heterocycles. The first-order valence-electron chi connectivity index (χ1n) is 7.42.